The third kappa shape index (κ3) is 4.50. The summed E-state index contributed by atoms with van der Waals surface area (Å²) in [7, 11) is 1.28. The number of nitrogens with one attached hydrogen (secondary N) is 2. The van der Waals surface area contributed by atoms with E-state index in [2.05, 4.69) is 20.6 Å². The minimum Gasteiger partial charge on any atom is -0.465 e. The number of carbonyl (C=O) groups is 2. The van der Waals surface area contributed by atoms with E-state index in [0.717, 1.165) is 17.1 Å². The van der Waals surface area contributed by atoms with Crippen LogP contribution in [-0.2, 0) is 4.74 Å². The molecule has 2 N–H and O–H groups in total. The van der Waals surface area contributed by atoms with Gasteiger partial charge in [0.1, 0.15) is 0 Å². The first-order chi connectivity index (χ1) is 13.5. The maximum absolute atomic E-state index is 12.7. The number of anilines is 3. The highest BCUT2D eigenvalue weighted by atomic mass is 16.5. The van der Waals surface area contributed by atoms with Crippen LogP contribution in [0.4, 0.5) is 17.3 Å². The number of hydrogen-bond acceptors (Lipinski definition) is 6. The zero-order chi connectivity index (χ0) is 20.1. The number of methoxy groups -OCH3 is 1. The van der Waals surface area contributed by atoms with Gasteiger partial charge in [0.15, 0.2) is 0 Å². The van der Waals surface area contributed by atoms with Gasteiger partial charge in [-0.3, -0.25) is 4.79 Å². The summed E-state index contributed by atoms with van der Waals surface area (Å²) in [5.74, 6) is -0.481. The van der Waals surface area contributed by atoms with Gasteiger partial charge in [0.25, 0.3) is 5.91 Å². The molecule has 0 saturated heterocycles. The second-order valence-electron chi connectivity index (χ2n) is 6.17. The van der Waals surface area contributed by atoms with Crippen LogP contribution in [0, 0.1) is 13.8 Å². The van der Waals surface area contributed by atoms with E-state index in [-0.39, 0.29) is 11.1 Å². The number of hydrogen-bond donors (Lipinski definition) is 2. The molecule has 7 nitrogen and oxygen atoms in total. The maximum Gasteiger partial charge on any atom is 0.338 e. The summed E-state index contributed by atoms with van der Waals surface area (Å²) in [5, 5.41) is 5.93. The van der Waals surface area contributed by atoms with Crippen LogP contribution in [0.1, 0.15) is 32.1 Å². The maximum atomic E-state index is 12.7. The van der Waals surface area contributed by atoms with Gasteiger partial charge in [-0.15, -0.1) is 0 Å². The Balaban J connectivity index is 1.80. The average molecular weight is 376 g/mol. The lowest BCUT2D eigenvalue weighted by Gasteiger charge is -2.11. The van der Waals surface area contributed by atoms with E-state index in [1.807, 2.05) is 26.0 Å². The van der Waals surface area contributed by atoms with Gasteiger partial charge in [-0.2, -0.15) is 0 Å². The molecule has 0 bridgehead atoms. The summed E-state index contributed by atoms with van der Waals surface area (Å²) in [6, 6.07) is 15.6. The number of aromatic nitrogens is 2. The Kier molecular flexibility index (Phi) is 5.64. The van der Waals surface area contributed by atoms with Crippen molar-refractivity contribution in [3.05, 3.63) is 77.1 Å². The van der Waals surface area contributed by atoms with E-state index in [1.165, 1.54) is 7.11 Å². The van der Waals surface area contributed by atoms with E-state index < -0.39 is 11.9 Å². The van der Waals surface area contributed by atoms with Crippen LogP contribution in [0.15, 0.2) is 54.6 Å². The fourth-order valence-corrected chi connectivity index (χ4v) is 2.75. The van der Waals surface area contributed by atoms with Gasteiger partial charge >= 0.3 is 5.97 Å². The van der Waals surface area contributed by atoms with Gasteiger partial charge in [-0.25, -0.2) is 14.8 Å². The molecule has 28 heavy (non-hydrogen) atoms. The lowest BCUT2D eigenvalue weighted by Crippen LogP contribution is -2.17. The molecule has 0 spiro atoms. The Morgan fingerprint density at radius 1 is 0.857 bits per heavy atom. The molecule has 7 heteroatoms. The molecular weight excluding hydrogens is 356 g/mol. The molecule has 3 aromatic rings. The zero-order valence-corrected chi connectivity index (χ0v) is 15.8. The number of ether oxygens (including phenoxy) is 1. The summed E-state index contributed by atoms with van der Waals surface area (Å²) in [6.45, 7) is 3.80. The summed E-state index contributed by atoms with van der Waals surface area (Å²) in [5.41, 5.74) is 3.46. The molecule has 0 saturated carbocycles. The minimum atomic E-state index is -0.562. The Hall–Kier alpha value is -3.74. The SMILES string of the molecule is COC(=O)c1ccccc1C(=O)Nc1cccc(Nc2nc(C)cc(C)n2)c1. The molecule has 0 radical (unpaired) electrons. The van der Waals surface area contributed by atoms with Crippen molar-refractivity contribution in [2.75, 3.05) is 17.7 Å². The van der Waals surface area contributed by atoms with Crippen LogP contribution in [0.3, 0.4) is 0 Å². The molecule has 0 unspecified atom stereocenters. The molecule has 0 aliphatic carbocycles. The number of benzene rings is 2. The van der Waals surface area contributed by atoms with Crippen LogP contribution in [0.25, 0.3) is 0 Å². The van der Waals surface area contributed by atoms with Gasteiger partial charge in [-0.1, -0.05) is 18.2 Å². The molecule has 0 atom stereocenters. The predicted octanol–water partition coefficient (Wildman–Crippen LogP) is 3.88. The van der Waals surface area contributed by atoms with Gasteiger partial charge in [0.05, 0.1) is 18.2 Å². The smallest absolute Gasteiger partial charge is 0.338 e. The highest BCUT2D eigenvalue weighted by molar-refractivity contribution is 6.11. The highest BCUT2D eigenvalue weighted by Crippen LogP contribution is 2.20. The summed E-state index contributed by atoms with van der Waals surface area (Å²) >= 11 is 0. The monoisotopic (exact) mass is 376 g/mol. The Morgan fingerprint density at radius 3 is 2.18 bits per heavy atom. The summed E-state index contributed by atoms with van der Waals surface area (Å²) in [4.78, 5) is 33.2. The highest BCUT2D eigenvalue weighted by Gasteiger charge is 2.17. The van der Waals surface area contributed by atoms with Crippen molar-refractivity contribution in [2.45, 2.75) is 13.8 Å². The number of rotatable bonds is 5. The second-order valence-corrected chi connectivity index (χ2v) is 6.17. The van der Waals surface area contributed by atoms with Gasteiger partial charge in [0, 0.05) is 22.8 Å². The normalized spacial score (nSPS) is 10.2. The Labute approximate surface area is 162 Å². The number of esters is 1. The molecule has 0 fully saturated rings. The molecule has 1 amide bonds. The van der Waals surface area contributed by atoms with Gasteiger partial charge in [0.2, 0.25) is 5.95 Å². The first-order valence-electron chi connectivity index (χ1n) is 8.64. The summed E-state index contributed by atoms with van der Waals surface area (Å²) in [6.07, 6.45) is 0. The van der Waals surface area contributed by atoms with Crippen LogP contribution in [0.5, 0.6) is 0 Å². The topological polar surface area (TPSA) is 93.2 Å². The van der Waals surface area contributed by atoms with Crippen molar-refractivity contribution in [1.82, 2.24) is 9.97 Å². The lowest BCUT2D eigenvalue weighted by atomic mass is 10.1. The van der Waals surface area contributed by atoms with Crippen LogP contribution < -0.4 is 10.6 Å². The number of carbonyl (C=O) groups excluding carboxylic acids is 2. The zero-order valence-electron chi connectivity index (χ0n) is 15.8. The summed E-state index contributed by atoms with van der Waals surface area (Å²) < 4.78 is 4.74. The van der Waals surface area contributed by atoms with Crippen molar-refractivity contribution in [3.63, 3.8) is 0 Å². The Bertz CT molecular complexity index is 1010. The van der Waals surface area contributed by atoms with Gasteiger partial charge < -0.3 is 15.4 Å². The molecule has 3 rings (SSSR count). The standard InChI is InChI=1S/C21H20N4O3/c1-13-11-14(2)23-21(22-13)25-16-8-6-7-15(12-16)24-19(26)17-9-4-5-10-18(17)20(27)28-3/h4-12H,1-3H3,(H,24,26)(H,22,23,25). The fraction of sp³-hybridized carbons (Fsp3) is 0.143. The quantitative estimate of drug-likeness (QED) is 0.657. The third-order valence-electron chi connectivity index (χ3n) is 3.94. The molecule has 1 aromatic heterocycles. The number of aryl methyl sites for hydroxylation is 2. The number of amides is 1. The molecule has 2 aromatic carbocycles. The second kappa shape index (κ2) is 8.30. The molecule has 0 aliphatic heterocycles. The van der Waals surface area contributed by atoms with E-state index in [9.17, 15) is 9.59 Å². The number of nitrogens with zero attached hydrogens (tertiary/aromatic N) is 2. The molecule has 142 valence electrons. The fourth-order valence-electron chi connectivity index (χ4n) is 2.75. The van der Waals surface area contributed by atoms with Crippen molar-refractivity contribution in [3.8, 4) is 0 Å². The van der Waals surface area contributed by atoms with Crippen LogP contribution in [0.2, 0.25) is 0 Å². The average Bonchev–Trinajstić information content (AvgIpc) is 2.67. The molecule has 1 heterocycles. The van der Waals surface area contributed by atoms with Crippen molar-refractivity contribution in [2.24, 2.45) is 0 Å². The van der Waals surface area contributed by atoms with E-state index in [0.29, 0.717) is 11.6 Å². The lowest BCUT2D eigenvalue weighted by molar-refractivity contribution is 0.0597. The third-order valence-corrected chi connectivity index (χ3v) is 3.94. The largest absolute Gasteiger partial charge is 0.465 e. The van der Waals surface area contributed by atoms with Crippen molar-refractivity contribution < 1.29 is 14.3 Å². The van der Waals surface area contributed by atoms with Crippen LogP contribution >= 0.6 is 0 Å². The van der Waals surface area contributed by atoms with E-state index in [4.69, 9.17) is 4.74 Å². The van der Waals surface area contributed by atoms with E-state index >= 15 is 0 Å². The molecule has 0 aliphatic rings. The van der Waals surface area contributed by atoms with Crippen LogP contribution in [-0.4, -0.2) is 29.0 Å². The Morgan fingerprint density at radius 2 is 1.50 bits per heavy atom. The van der Waals surface area contributed by atoms with Gasteiger partial charge in [-0.05, 0) is 50.2 Å². The van der Waals surface area contributed by atoms with Crippen molar-refractivity contribution in [1.29, 1.82) is 0 Å². The molecular formula is C21H20N4O3. The van der Waals surface area contributed by atoms with E-state index in [1.54, 1.807) is 42.5 Å². The predicted molar refractivity (Wildman–Crippen MR) is 107 cm³/mol. The minimum absolute atomic E-state index is 0.209. The van der Waals surface area contributed by atoms with Crippen molar-refractivity contribution >= 4 is 29.2 Å². The first-order valence-corrected chi connectivity index (χ1v) is 8.64. The first kappa shape index (κ1) is 19.0.